The van der Waals surface area contributed by atoms with E-state index in [1.807, 2.05) is 47.2 Å². The van der Waals surface area contributed by atoms with E-state index >= 15 is 0 Å². The Labute approximate surface area is 200 Å². The van der Waals surface area contributed by atoms with Crippen LogP contribution in [-0.2, 0) is 11.3 Å². The molecule has 34 heavy (non-hydrogen) atoms. The van der Waals surface area contributed by atoms with Gasteiger partial charge in [-0.2, -0.15) is 4.98 Å². The van der Waals surface area contributed by atoms with Gasteiger partial charge in [0.2, 0.25) is 11.8 Å². The van der Waals surface area contributed by atoms with Crippen molar-refractivity contribution in [1.29, 1.82) is 0 Å². The minimum Gasteiger partial charge on any atom is -0.493 e. The maximum Gasteiger partial charge on any atom is 0.228 e. The maximum atomic E-state index is 11.1. The van der Waals surface area contributed by atoms with Gasteiger partial charge in [-0.3, -0.25) is 0 Å². The molecule has 0 bridgehead atoms. The molecule has 2 N–H and O–H groups in total. The minimum absolute atomic E-state index is 0.103. The number of aromatic hydroxyl groups is 1. The normalized spacial score (nSPS) is 14.3. The van der Waals surface area contributed by atoms with Gasteiger partial charge in [-0.25, -0.2) is 4.98 Å². The lowest BCUT2D eigenvalue weighted by Crippen LogP contribution is -2.37. The van der Waals surface area contributed by atoms with Gasteiger partial charge in [0, 0.05) is 25.8 Å². The van der Waals surface area contributed by atoms with Gasteiger partial charge >= 0.3 is 0 Å². The van der Waals surface area contributed by atoms with Crippen LogP contribution in [0.25, 0.3) is 10.9 Å². The summed E-state index contributed by atoms with van der Waals surface area (Å²) >= 11 is 0. The molecule has 0 aliphatic carbocycles. The average molecular weight is 458 g/mol. The van der Waals surface area contributed by atoms with Gasteiger partial charge in [0.25, 0.3) is 0 Å². The second kappa shape index (κ2) is 9.73. The Morgan fingerprint density at radius 3 is 2.15 bits per heavy atom. The van der Waals surface area contributed by atoms with Crippen molar-refractivity contribution in [3.05, 3.63) is 78.0 Å². The summed E-state index contributed by atoms with van der Waals surface area (Å²) in [5.74, 6) is 1.88. The van der Waals surface area contributed by atoms with Crippen LogP contribution in [-0.4, -0.2) is 45.9 Å². The lowest BCUT2D eigenvalue weighted by atomic mass is 9.98. The van der Waals surface area contributed by atoms with Gasteiger partial charge in [0.15, 0.2) is 0 Å². The highest BCUT2D eigenvalue weighted by molar-refractivity contribution is 5.94. The van der Waals surface area contributed by atoms with Crippen LogP contribution in [0.2, 0.25) is 0 Å². The highest BCUT2D eigenvalue weighted by atomic mass is 16.5. The van der Waals surface area contributed by atoms with Crippen molar-refractivity contribution < 1.29 is 9.84 Å². The van der Waals surface area contributed by atoms with E-state index in [2.05, 4.69) is 48.3 Å². The van der Waals surface area contributed by atoms with Gasteiger partial charge in [0.05, 0.1) is 24.6 Å². The maximum absolute atomic E-state index is 11.1. The van der Waals surface area contributed by atoms with Gasteiger partial charge in [-0.05, 0) is 17.0 Å². The molecule has 4 aromatic rings. The molecule has 2 aromatic heterocycles. The lowest BCUT2D eigenvalue weighted by molar-refractivity contribution is 0.122. The number of nitrogens with zero attached hydrogens (tertiary/aromatic N) is 4. The van der Waals surface area contributed by atoms with Crippen molar-refractivity contribution >= 4 is 22.7 Å². The van der Waals surface area contributed by atoms with E-state index in [-0.39, 0.29) is 11.9 Å². The van der Waals surface area contributed by atoms with Crippen molar-refractivity contribution in [2.75, 3.05) is 36.5 Å². The van der Waals surface area contributed by atoms with Crippen molar-refractivity contribution in [2.45, 2.75) is 26.4 Å². The van der Waals surface area contributed by atoms with Crippen LogP contribution in [0.1, 0.15) is 31.0 Å². The van der Waals surface area contributed by atoms with E-state index in [0.717, 1.165) is 29.6 Å². The Kier molecular flexibility index (Phi) is 6.36. The second-order valence-electron chi connectivity index (χ2n) is 9.13. The molecule has 1 fully saturated rings. The zero-order chi connectivity index (χ0) is 23.5. The minimum atomic E-state index is -0.103. The quantitative estimate of drug-likeness (QED) is 0.414. The number of fused-ring (bicyclic) bond motifs is 1. The number of ether oxygens (including phenoxy) is 1. The van der Waals surface area contributed by atoms with Crippen LogP contribution in [0.4, 0.5) is 11.8 Å². The fourth-order valence-corrected chi connectivity index (χ4v) is 4.44. The molecule has 1 saturated heterocycles. The highest BCUT2D eigenvalue weighted by Gasteiger charge is 2.23. The summed E-state index contributed by atoms with van der Waals surface area (Å²) in [6.07, 6.45) is 1.96. The molecule has 2 aromatic carbocycles. The van der Waals surface area contributed by atoms with Crippen LogP contribution in [0, 0.1) is 5.92 Å². The van der Waals surface area contributed by atoms with Gasteiger partial charge in [-0.15, -0.1) is 0 Å². The first-order chi connectivity index (χ1) is 16.6. The third-order valence-corrected chi connectivity index (χ3v) is 6.11. The monoisotopic (exact) mass is 457 g/mol. The Morgan fingerprint density at radius 2 is 1.56 bits per heavy atom. The van der Waals surface area contributed by atoms with Crippen molar-refractivity contribution in [3.8, 4) is 5.88 Å². The number of morpholine rings is 1. The standard InChI is InChI=1S/C27H31N5O2/c1-19(2)17-32-18-22-24(26(32)33)29-27(31-13-15-34-16-14-31)30-25(22)28-23(20-9-5-3-6-10-20)21-11-7-4-8-12-21/h3-12,18-19,23,33H,13-17H2,1-2H3,(H,28,29,30). The predicted octanol–water partition coefficient (Wildman–Crippen LogP) is 4.83. The largest absolute Gasteiger partial charge is 0.493 e. The summed E-state index contributed by atoms with van der Waals surface area (Å²) in [6, 6.07) is 20.6. The molecule has 7 nitrogen and oxygen atoms in total. The SMILES string of the molecule is CC(C)Cn1cc2c(NC(c3ccccc3)c3ccccc3)nc(N3CCOCC3)nc2c1O. The molecule has 0 unspecified atom stereocenters. The van der Waals surface area contributed by atoms with E-state index in [9.17, 15) is 5.11 Å². The fraction of sp³-hybridized carbons (Fsp3) is 0.333. The van der Waals surface area contributed by atoms with E-state index in [4.69, 9.17) is 14.7 Å². The topological polar surface area (TPSA) is 75.4 Å². The molecule has 3 heterocycles. The summed E-state index contributed by atoms with van der Waals surface area (Å²) in [4.78, 5) is 11.9. The van der Waals surface area contributed by atoms with E-state index in [1.165, 1.54) is 0 Å². The van der Waals surface area contributed by atoms with Crippen LogP contribution in [0.15, 0.2) is 66.9 Å². The molecule has 1 aliphatic rings. The zero-order valence-corrected chi connectivity index (χ0v) is 19.7. The van der Waals surface area contributed by atoms with Crippen LogP contribution < -0.4 is 10.2 Å². The summed E-state index contributed by atoms with van der Waals surface area (Å²) in [6.45, 7) is 7.69. The Bertz CT molecular complexity index is 1190. The van der Waals surface area contributed by atoms with Crippen molar-refractivity contribution in [1.82, 2.24) is 14.5 Å². The first-order valence-electron chi connectivity index (χ1n) is 11.9. The highest BCUT2D eigenvalue weighted by Crippen LogP contribution is 2.35. The molecule has 0 atom stereocenters. The molecule has 0 radical (unpaired) electrons. The number of hydrogen-bond acceptors (Lipinski definition) is 6. The molecular formula is C27H31N5O2. The first kappa shape index (κ1) is 22.2. The van der Waals surface area contributed by atoms with E-state index < -0.39 is 0 Å². The lowest BCUT2D eigenvalue weighted by Gasteiger charge is -2.28. The Balaban J connectivity index is 1.63. The number of nitrogens with one attached hydrogen (secondary N) is 1. The number of aromatic nitrogens is 3. The van der Waals surface area contributed by atoms with Crippen LogP contribution in [0.3, 0.4) is 0 Å². The van der Waals surface area contributed by atoms with E-state index in [0.29, 0.717) is 43.0 Å². The van der Waals surface area contributed by atoms with Crippen molar-refractivity contribution in [3.63, 3.8) is 0 Å². The molecule has 7 heteroatoms. The molecule has 0 amide bonds. The summed E-state index contributed by atoms with van der Waals surface area (Å²) in [5, 5.41) is 15.6. The Morgan fingerprint density at radius 1 is 0.941 bits per heavy atom. The first-order valence-corrected chi connectivity index (χ1v) is 11.9. The van der Waals surface area contributed by atoms with Crippen LogP contribution in [0.5, 0.6) is 5.88 Å². The fourth-order valence-electron chi connectivity index (χ4n) is 4.44. The molecule has 0 saturated carbocycles. The zero-order valence-electron chi connectivity index (χ0n) is 19.7. The molecule has 1 aliphatic heterocycles. The van der Waals surface area contributed by atoms with E-state index in [1.54, 1.807) is 0 Å². The predicted molar refractivity (Wildman–Crippen MR) is 135 cm³/mol. The number of rotatable bonds is 7. The third-order valence-electron chi connectivity index (χ3n) is 6.11. The third kappa shape index (κ3) is 4.56. The average Bonchev–Trinajstić information content (AvgIpc) is 3.18. The Hall–Kier alpha value is -3.58. The molecule has 5 rings (SSSR count). The number of anilines is 2. The van der Waals surface area contributed by atoms with Gasteiger partial charge in [-0.1, -0.05) is 74.5 Å². The summed E-state index contributed by atoms with van der Waals surface area (Å²) < 4.78 is 7.40. The van der Waals surface area contributed by atoms with Gasteiger partial charge in [0.1, 0.15) is 11.3 Å². The van der Waals surface area contributed by atoms with Crippen molar-refractivity contribution in [2.24, 2.45) is 5.92 Å². The van der Waals surface area contributed by atoms with Gasteiger partial charge < -0.3 is 24.6 Å². The molecular weight excluding hydrogens is 426 g/mol. The summed E-state index contributed by atoms with van der Waals surface area (Å²) in [7, 11) is 0. The number of hydrogen-bond donors (Lipinski definition) is 2. The van der Waals surface area contributed by atoms with Crippen LogP contribution >= 0.6 is 0 Å². The smallest absolute Gasteiger partial charge is 0.228 e. The molecule has 0 spiro atoms. The summed E-state index contributed by atoms with van der Waals surface area (Å²) in [5.41, 5.74) is 2.85. The number of benzene rings is 2. The molecule has 176 valence electrons. The second-order valence-corrected chi connectivity index (χ2v) is 9.13.